The van der Waals surface area contributed by atoms with Gasteiger partial charge in [-0.05, 0) is 36.2 Å². The number of benzene rings is 2. The average molecular weight is 371 g/mol. The number of oxime groups is 1. The molecule has 0 radical (unpaired) electrons. The maximum absolute atomic E-state index is 12.0. The van der Waals surface area contributed by atoms with Crippen molar-refractivity contribution >= 4 is 17.7 Å². The zero-order valence-electron chi connectivity index (χ0n) is 15.6. The Morgan fingerprint density at radius 3 is 2.44 bits per heavy atom. The van der Waals surface area contributed by atoms with Crippen molar-refractivity contribution < 1.29 is 28.6 Å². The van der Waals surface area contributed by atoms with E-state index < -0.39 is 5.97 Å². The number of rotatable bonds is 7. The Balaban J connectivity index is 2.23. The third-order valence-electron chi connectivity index (χ3n) is 3.62. The van der Waals surface area contributed by atoms with Crippen molar-refractivity contribution in [3.8, 4) is 11.5 Å². The summed E-state index contributed by atoms with van der Waals surface area (Å²) < 4.78 is 15.7. The molecule has 0 spiro atoms. The lowest BCUT2D eigenvalue weighted by Crippen LogP contribution is -2.19. The Kier molecular flexibility index (Phi) is 6.93. The molecule has 0 fully saturated rings. The minimum Gasteiger partial charge on any atom is -0.489 e. The molecule has 27 heavy (non-hydrogen) atoms. The standard InChI is InChI=1S/C20H21NO6/c1-13-11-16(27-14(2)22)9-10-18(13)26-12-15-7-5-6-8-17(15)19(21-25-4)20(23)24-3/h5-11H,12H2,1-4H3. The Labute approximate surface area is 157 Å². The van der Waals surface area contributed by atoms with E-state index in [0.717, 1.165) is 11.1 Å². The molecule has 7 heteroatoms. The number of hydrogen-bond donors (Lipinski definition) is 0. The second-order valence-corrected chi connectivity index (χ2v) is 5.58. The molecule has 0 heterocycles. The van der Waals surface area contributed by atoms with Crippen LogP contribution in [0.2, 0.25) is 0 Å². The van der Waals surface area contributed by atoms with Crippen molar-refractivity contribution in [2.24, 2.45) is 5.16 Å². The van der Waals surface area contributed by atoms with Crippen molar-refractivity contribution in [3.05, 3.63) is 59.2 Å². The van der Waals surface area contributed by atoms with E-state index in [1.165, 1.54) is 21.1 Å². The van der Waals surface area contributed by atoms with Gasteiger partial charge >= 0.3 is 11.9 Å². The molecule has 0 N–H and O–H groups in total. The van der Waals surface area contributed by atoms with Crippen molar-refractivity contribution in [3.63, 3.8) is 0 Å². The molecule has 0 saturated carbocycles. The minimum absolute atomic E-state index is 0.0566. The molecule has 0 amide bonds. The van der Waals surface area contributed by atoms with E-state index in [9.17, 15) is 9.59 Å². The van der Waals surface area contributed by atoms with Crippen LogP contribution in [-0.2, 0) is 25.8 Å². The number of hydrogen-bond acceptors (Lipinski definition) is 7. The van der Waals surface area contributed by atoms with E-state index in [1.54, 1.807) is 30.3 Å². The molecule has 7 nitrogen and oxygen atoms in total. The first-order chi connectivity index (χ1) is 13.0. The molecule has 0 bridgehead atoms. The number of methoxy groups -OCH3 is 1. The Morgan fingerprint density at radius 2 is 1.81 bits per heavy atom. The summed E-state index contributed by atoms with van der Waals surface area (Å²) in [5.41, 5.74) is 2.16. The average Bonchev–Trinajstić information content (AvgIpc) is 2.65. The highest BCUT2D eigenvalue weighted by molar-refractivity contribution is 6.43. The fourth-order valence-corrected chi connectivity index (χ4v) is 2.43. The Bertz CT molecular complexity index is 859. The van der Waals surface area contributed by atoms with E-state index >= 15 is 0 Å². The molecular weight excluding hydrogens is 350 g/mol. The Morgan fingerprint density at radius 1 is 1.07 bits per heavy atom. The fourth-order valence-electron chi connectivity index (χ4n) is 2.43. The molecule has 2 aromatic carbocycles. The van der Waals surface area contributed by atoms with Gasteiger partial charge in [-0.15, -0.1) is 0 Å². The number of esters is 2. The lowest BCUT2D eigenvalue weighted by molar-refractivity contribution is -0.133. The van der Waals surface area contributed by atoms with Crippen molar-refractivity contribution in [2.75, 3.05) is 14.2 Å². The third-order valence-corrected chi connectivity index (χ3v) is 3.62. The van der Waals surface area contributed by atoms with Crippen LogP contribution in [0.1, 0.15) is 23.6 Å². The molecular formula is C20H21NO6. The summed E-state index contributed by atoms with van der Waals surface area (Å²) in [5.74, 6) is 0.0907. The zero-order chi connectivity index (χ0) is 19.8. The largest absolute Gasteiger partial charge is 0.489 e. The predicted molar refractivity (Wildman–Crippen MR) is 98.8 cm³/mol. The van der Waals surface area contributed by atoms with Gasteiger partial charge in [0.25, 0.3) is 0 Å². The third kappa shape index (κ3) is 5.31. The first-order valence-electron chi connectivity index (χ1n) is 8.16. The van der Waals surface area contributed by atoms with Crippen LogP contribution in [0.5, 0.6) is 11.5 Å². The summed E-state index contributed by atoms with van der Waals surface area (Å²) in [6.45, 7) is 3.39. The predicted octanol–water partition coefficient (Wildman–Crippen LogP) is 3.02. The van der Waals surface area contributed by atoms with Crippen molar-refractivity contribution in [1.29, 1.82) is 0 Å². The molecule has 2 aromatic rings. The van der Waals surface area contributed by atoms with Gasteiger partial charge in [-0.2, -0.15) is 0 Å². The van der Waals surface area contributed by atoms with Gasteiger partial charge in [0.05, 0.1) is 7.11 Å². The van der Waals surface area contributed by atoms with Crippen LogP contribution in [0.3, 0.4) is 0 Å². The van der Waals surface area contributed by atoms with Crippen molar-refractivity contribution in [1.82, 2.24) is 0 Å². The fraction of sp³-hybridized carbons (Fsp3) is 0.250. The van der Waals surface area contributed by atoms with E-state index in [2.05, 4.69) is 5.16 Å². The minimum atomic E-state index is -0.605. The van der Waals surface area contributed by atoms with Crippen molar-refractivity contribution in [2.45, 2.75) is 20.5 Å². The van der Waals surface area contributed by atoms with E-state index in [-0.39, 0.29) is 18.3 Å². The van der Waals surface area contributed by atoms with Crippen LogP contribution < -0.4 is 9.47 Å². The molecule has 0 aliphatic heterocycles. The summed E-state index contributed by atoms with van der Waals surface area (Å²) >= 11 is 0. The Hall–Kier alpha value is -3.35. The van der Waals surface area contributed by atoms with E-state index in [1.807, 2.05) is 19.1 Å². The smallest absolute Gasteiger partial charge is 0.360 e. The lowest BCUT2D eigenvalue weighted by Gasteiger charge is -2.13. The normalized spacial score (nSPS) is 10.9. The number of carbonyl (C=O) groups excluding carboxylic acids is 2. The summed E-state index contributed by atoms with van der Waals surface area (Å²) in [6, 6.07) is 12.3. The van der Waals surface area contributed by atoms with Crippen LogP contribution in [0.15, 0.2) is 47.6 Å². The lowest BCUT2D eigenvalue weighted by atomic mass is 10.0. The second-order valence-electron chi connectivity index (χ2n) is 5.58. The molecule has 0 atom stereocenters. The molecule has 0 aliphatic rings. The SMILES string of the molecule is CON=C(C(=O)OC)c1ccccc1COc1ccc(OC(C)=O)cc1C. The second kappa shape index (κ2) is 9.38. The van der Waals surface area contributed by atoms with E-state index in [4.69, 9.17) is 19.0 Å². The van der Waals surface area contributed by atoms with Gasteiger partial charge in [0.1, 0.15) is 25.2 Å². The topological polar surface area (TPSA) is 83.4 Å². The number of aryl methyl sites for hydroxylation is 1. The summed E-state index contributed by atoms with van der Waals surface area (Å²) in [6.07, 6.45) is 0. The highest BCUT2D eigenvalue weighted by Crippen LogP contribution is 2.25. The molecule has 0 saturated heterocycles. The van der Waals surface area contributed by atoms with Crippen LogP contribution in [0, 0.1) is 6.92 Å². The molecule has 0 aliphatic carbocycles. The van der Waals surface area contributed by atoms with E-state index in [0.29, 0.717) is 17.1 Å². The molecule has 0 aromatic heterocycles. The summed E-state index contributed by atoms with van der Waals surface area (Å²) in [4.78, 5) is 27.8. The van der Waals surface area contributed by atoms with Crippen LogP contribution in [0.25, 0.3) is 0 Å². The number of nitrogens with zero attached hydrogens (tertiary/aromatic N) is 1. The van der Waals surface area contributed by atoms with Gasteiger partial charge < -0.3 is 19.0 Å². The zero-order valence-corrected chi connectivity index (χ0v) is 15.6. The molecule has 0 unspecified atom stereocenters. The maximum atomic E-state index is 12.0. The molecule has 142 valence electrons. The maximum Gasteiger partial charge on any atom is 0.360 e. The summed E-state index contributed by atoms with van der Waals surface area (Å²) in [5, 5.41) is 3.78. The van der Waals surface area contributed by atoms with Gasteiger partial charge in [0.15, 0.2) is 5.71 Å². The molecule has 2 rings (SSSR count). The first-order valence-corrected chi connectivity index (χ1v) is 8.16. The van der Waals surface area contributed by atoms with Crippen LogP contribution in [0.4, 0.5) is 0 Å². The van der Waals surface area contributed by atoms with Gasteiger partial charge in [-0.1, -0.05) is 29.4 Å². The van der Waals surface area contributed by atoms with Crippen LogP contribution >= 0.6 is 0 Å². The number of carbonyl (C=O) groups is 2. The van der Waals surface area contributed by atoms with Crippen LogP contribution in [-0.4, -0.2) is 31.9 Å². The number of ether oxygens (including phenoxy) is 3. The van der Waals surface area contributed by atoms with Gasteiger partial charge in [0.2, 0.25) is 0 Å². The van der Waals surface area contributed by atoms with Gasteiger partial charge in [0, 0.05) is 12.5 Å². The highest BCUT2D eigenvalue weighted by Gasteiger charge is 2.19. The van der Waals surface area contributed by atoms with Gasteiger partial charge in [-0.3, -0.25) is 4.79 Å². The quantitative estimate of drug-likeness (QED) is 0.322. The summed E-state index contributed by atoms with van der Waals surface area (Å²) in [7, 11) is 2.64. The monoisotopic (exact) mass is 371 g/mol. The highest BCUT2D eigenvalue weighted by atomic mass is 16.6. The van der Waals surface area contributed by atoms with Gasteiger partial charge in [-0.25, -0.2) is 4.79 Å². The first kappa shape index (κ1) is 20.0.